The van der Waals surface area contributed by atoms with Gasteiger partial charge in [0.05, 0.1) is 0 Å². The SMILES string of the molecule is CC(C)CN(CC(C)C)C1CCC1. The van der Waals surface area contributed by atoms with Crippen molar-refractivity contribution >= 4 is 0 Å². The first-order chi connectivity index (χ1) is 6.09. The summed E-state index contributed by atoms with van der Waals surface area (Å²) < 4.78 is 0. The Morgan fingerprint density at radius 1 is 1.00 bits per heavy atom. The molecule has 1 saturated carbocycles. The van der Waals surface area contributed by atoms with Crippen molar-refractivity contribution in [2.75, 3.05) is 13.1 Å². The second-order valence-corrected chi connectivity index (χ2v) is 5.33. The fourth-order valence-corrected chi connectivity index (χ4v) is 2.06. The smallest absolute Gasteiger partial charge is 0.00955 e. The zero-order valence-corrected chi connectivity index (χ0v) is 9.71. The minimum atomic E-state index is 0.819. The average molecular weight is 183 g/mol. The van der Waals surface area contributed by atoms with Crippen LogP contribution in [0.1, 0.15) is 47.0 Å². The molecule has 1 aliphatic carbocycles. The van der Waals surface area contributed by atoms with Crippen LogP contribution in [0.2, 0.25) is 0 Å². The maximum Gasteiger partial charge on any atom is 0.00955 e. The van der Waals surface area contributed by atoms with Gasteiger partial charge in [0, 0.05) is 19.1 Å². The third-order valence-corrected chi connectivity index (χ3v) is 2.79. The highest BCUT2D eigenvalue weighted by atomic mass is 15.2. The second-order valence-electron chi connectivity index (χ2n) is 5.33. The van der Waals surface area contributed by atoms with Gasteiger partial charge in [-0.15, -0.1) is 0 Å². The molecule has 0 unspecified atom stereocenters. The summed E-state index contributed by atoms with van der Waals surface area (Å²) >= 11 is 0. The van der Waals surface area contributed by atoms with Gasteiger partial charge in [0.15, 0.2) is 0 Å². The van der Waals surface area contributed by atoms with Crippen molar-refractivity contribution in [3.05, 3.63) is 0 Å². The quantitative estimate of drug-likeness (QED) is 0.633. The van der Waals surface area contributed by atoms with E-state index in [9.17, 15) is 0 Å². The van der Waals surface area contributed by atoms with E-state index in [1.54, 1.807) is 0 Å². The highest BCUT2D eigenvalue weighted by Gasteiger charge is 2.25. The van der Waals surface area contributed by atoms with E-state index < -0.39 is 0 Å². The summed E-state index contributed by atoms with van der Waals surface area (Å²) in [6.45, 7) is 11.9. The van der Waals surface area contributed by atoms with Crippen molar-refractivity contribution in [1.82, 2.24) is 4.90 Å². The Labute approximate surface area is 83.5 Å². The Bertz CT molecular complexity index is 126. The zero-order chi connectivity index (χ0) is 9.84. The van der Waals surface area contributed by atoms with Gasteiger partial charge in [-0.05, 0) is 24.7 Å². The minimum absolute atomic E-state index is 0.819. The summed E-state index contributed by atoms with van der Waals surface area (Å²) in [5, 5.41) is 0. The highest BCUT2D eigenvalue weighted by molar-refractivity contribution is 4.81. The molecule has 0 N–H and O–H groups in total. The summed E-state index contributed by atoms with van der Waals surface area (Å²) in [5.74, 6) is 1.64. The molecular weight excluding hydrogens is 158 g/mol. The molecule has 78 valence electrons. The van der Waals surface area contributed by atoms with E-state index in [0.717, 1.165) is 17.9 Å². The summed E-state index contributed by atoms with van der Waals surface area (Å²) in [7, 11) is 0. The van der Waals surface area contributed by atoms with Crippen LogP contribution < -0.4 is 0 Å². The van der Waals surface area contributed by atoms with Gasteiger partial charge in [0.25, 0.3) is 0 Å². The zero-order valence-electron chi connectivity index (χ0n) is 9.71. The van der Waals surface area contributed by atoms with E-state index in [1.165, 1.54) is 32.4 Å². The Morgan fingerprint density at radius 3 is 1.69 bits per heavy atom. The predicted molar refractivity (Wildman–Crippen MR) is 58.9 cm³/mol. The molecule has 1 nitrogen and oxygen atoms in total. The molecule has 0 heterocycles. The maximum atomic E-state index is 2.71. The fraction of sp³-hybridized carbons (Fsp3) is 1.00. The summed E-state index contributed by atoms with van der Waals surface area (Å²) in [6.07, 6.45) is 4.34. The average Bonchev–Trinajstić information content (AvgIpc) is 1.78. The van der Waals surface area contributed by atoms with Crippen LogP contribution in [0, 0.1) is 11.8 Å². The lowest BCUT2D eigenvalue weighted by atomic mass is 9.90. The third kappa shape index (κ3) is 3.68. The van der Waals surface area contributed by atoms with Crippen LogP contribution in [0.4, 0.5) is 0 Å². The van der Waals surface area contributed by atoms with E-state index >= 15 is 0 Å². The number of hydrogen-bond donors (Lipinski definition) is 0. The molecule has 0 bridgehead atoms. The lowest BCUT2D eigenvalue weighted by molar-refractivity contribution is 0.0998. The standard InChI is InChI=1S/C12H25N/c1-10(2)8-13(9-11(3)4)12-6-5-7-12/h10-12H,5-9H2,1-4H3. The minimum Gasteiger partial charge on any atom is -0.300 e. The van der Waals surface area contributed by atoms with Crippen LogP contribution in [0.15, 0.2) is 0 Å². The molecule has 0 aromatic heterocycles. The van der Waals surface area contributed by atoms with Crippen LogP contribution in [0.5, 0.6) is 0 Å². The largest absolute Gasteiger partial charge is 0.300 e. The molecule has 0 spiro atoms. The van der Waals surface area contributed by atoms with Gasteiger partial charge in [0.1, 0.15) is 0 Å². The molecule has 0 radical (unpaired) electrons. The normalized spacial score (nSPS) is 18.7. The van der Waals surface area contributed by atoms with Crippen LogP contribution in [0.25, 0.3) is 0 Å². The Hall–Kier alpha value is -0.0400. The van der Waals surface area contributed by atoms with Crippen molar-refractivity contribution in [3.8, 4) is 0 Å². The van der Waals surface area contributed by atoms with Crippen molar-refractivity contribution in [3.63, 3.8) is 0 Å². The molecule has 0 atom stereocenters. The summed E-state index contributed by atoms with van der Waals surface area (Å²) in [5.41, 5.74) is 0. The second kappa shape index (κ2) is 4.99. The molecule has 0 aromatic carbocycles. The molecule has 1 aliphatic rings. The summed E-state index contributed by atoms with van der Waals surface area (Å²) in [4.78, 5) is 2.71. The van der Waals surface area contributed by atoms with Gasteiger partial charge < -0.3 is 0 Å². The van der Waals surface area contributed by atoms with Crippen LogP contribution >= 0.6 is 0 Å². The van der Waals surface area contributed by atoms with Crippen LogP contribution in [-0.4, -0.2) is 24.0 Å². The van der Waals surface area contributed by atoms with Gasteiger partial charge in [-0.25, -0.2) is 0 Å². The van der Waals surface area contributed by atoms with Crippen molar-refractivity contribution in [1.29, 1.82) is 0 Å². The topological polar surface area (TPSA) is 3.24 Å². The molecule has 13 heavy (non-hydrogen) atoms. The van der Waals surface area contributed by atoms with E-state index in [-0.39, 0.29) is 0 Å². The Morgan fingerprint density at radius 2 is 1.46 bits per heavy atom. The van der Waals surface area contributed by atoms with Crippen LogP contribution in [0.3, 0.4) is 0 Å². The predicted octanol–water partition coefficient (Wildman–Crippen LogP) is 3.15. The Balaban J connectivity index is 2.33. The number of hydrogen-bond acceptors (Lipinski definition) is 1. The molecule has 1 heteroatoms. The molecular formula is C12H25N. The first-order valence-corrected chi connectivity index (χ1v) is 5.83. The van der Waals surface area contributed by atoms with E-state index in [1.807, 2.05) is 0 Å². The van der Waals surface area contributed by atoms with Gasteiger partial charge in [-0.2, -0.15) is 0 Å². The van der Waals surface area contributed by atoms with Gasteiger partial charge in [-0.1, -0.05) is 34.1 Å². The van der Waals surface area contributed by atoms with Crippen molar-refractivity contribution in [2.24, 2.45) is 11.8 Å². The van der Waals surface area contributed by atoms with E-state index in [2.05, 4.69) is 32.6 Å². The first-order valence-electron chi connectivity index (χ1n) is 5.83. The van der Waals surface area contributed by atoms with Gasteiger partial charge in [-0.3, -0.25) is 4.90 Å². The fourth-order valence-electron chi connectivity index (χ4n) is 2.06. The number of nitrogens with zero attached hydrogens (tertiary/aromatic N) is 1. The molecule has 0 saturated heterocycles. The number of rotatable bonds is 5. The van der Waals surface area contributed by atoms with E-state index in [4.69, 9.17) is 0 Å². The van der Waals surface area contributed by atoms with Crippen LogP contribution in [-0.2, 0) is 0 Å². The molecule has 0 aliphatic heterocycles. The molecule has 1 rings (SSSR count). The monoisotopic (exact) mass is 183 g/mol. The van der Waals surface area contributed by atoms with Crippen molar-refractivity contribution in [2.45, 2.75) is 53.0 Å². The highest BCUT2D eigenvalue weighted by Crippen LogP contribution is 2.26. The lowest BCUT2D eigenvalue weighted by Crippen LogP contribution is -2.43. The first kappa shape index (κ1) is 11.0. The van der Waals surface area contributed by atoms with Gasteiger partial charge in [0.2, 0.25) is 0 Å². The van der Waals surface area contributed by atoms with Gasteiger partial charge >= 0.3 is 0 Å². The van der Waals surface area contributed by atoms with Crippen molar-refractivity contribution < 1.29 is 0 Å². The molecule has 1 fully saturated rings. The maximum absolute atomic E-state index is 2.71. The molecule has 0 amide bonds. The van der Waals surface area contributed by atoms with E-state index in [0.29, 0.717) is 0 Å². The third-order valence-electron chi connectivity index (χ3n) is 2.79. The Kier molecular flexibility index (Phi) is 4.24. The lowest BCUT2D eigenvalue weighted by Gasteiger charge is -2.39. The summed E-state index contributed by atoms with van der Waals surface area (Å²) in [6, 6.07) is 0.921. The molecule has 0 aromatic rings.